The van der Waals surface area contributed by atoms with Crippen LogP contribution in [0.3, 0.4) is 0 Å². The molecule has 1 N–H and O–H groups in total. The smallest absolute Gasteiger partial charge is 0.140 e. The zero-order valence-corrected chi connectivity index (χ0v) is 11.3. The van der Waals surface area contributed by atoms with E-state index < -0.39 is 0 Å². The molecule has 2 rings (SSSR count). The lowest BCUT2D eigenvalue weighted by Crippen LogP contribution is -2.30. The summed E-state index contributed by atoms with van der Waals surface area (Å²) in [6.07, 6.45) is 1.65. The van der Waals surface area contributed by atoms with Crippen LogP contribution in [0, 0.1) is 5.92 Å². The van der Waals surface area contributed by atoms with Gasteiger partial charge in [0.2, 0.25) is 0 Å². The largest absolute Gasteiger partial charge is 0.359 e. The van der Waals surface area contributed by atoms with Crippen molar-refractivity contribution in [1.29, 1.82) is 0 Å². The van der Waals surface area contributed by atoms with Crippen molar-refractivity contribution < 1.29 is 0 Å². The van der Waals surface area contributed by atoms with Crippen LogP contribution < -0.4 is 10.2 Å². The van der Waals surface area contributed by atoms with Crippen molar-refractivity contribution in [2.75, 3.05) is 32.1 Å². The minimum atomic E-state index is 0.591. The summed E-state index contributed by atoms with van der Waals surface area (Å²) in [6, 6.07) is 2.09. The Labute approximate surface area is 106 Å². The molecule has 0 aliphatic carbocycles. The molecule has 0 aromatic carbocycles. The summed E-state index contributed by atoms with van der Waals surface area (Å²) in [4.78, 5) is 11.9. The quantitative estimate of drug-likeness (QED) is 0.881. The summed E-state index contributed by atoms with van der Waals surface area (Å²) < 4.78 is 0. The fourth-order valence-corrected chi connectivity index (χ4v) is 2.78. The number of nitrogens with zero attached hydrogens (tertiary/aromatic N) is 3. The number of fused-ring (bicyclic) bond motifs is 1. The van der Waals surface area contributed by atoms with Crippen LogP contribution in [0.15, 0.2) is 17.8 Å². The van der Waals surface area contributed by atoms with Crippen molar-refractivity contribution in [2.24, 2.45) is 5.92 Å². The van der Waals surface area contributed by atoms with Gasteiger partial charge in [-0.05, 0) is 31.0 Å². The molecule has 0 radical (unpaired) electrons. The van der Waals surface area contributed by atoms with Crippen LogP contribution in [0.2, 0.25) is 0 Å². The van der Waals surface area contributed by atoms with Crippen molar-refractivity contribution in [3.05, 3.63) is 17.8 Å². The maximum Gasteiger partial charge on any atom is 0.140 e. The third-order valence-electron chi connectivity index (χ3n) is 2.74. The third-order valence-corrected chi connectivity index (χ3v) is 3.56. The van der Waals surface area contributed by atoms with E-state index in [9.17, 15) is 0 Å². The molecule has 2 aromatic heterocycles. The number of thiophene rings is 1. The van der Waals surface area contributed by atoms with Crippen LogP contribution in [0.4, 0.5) is 5.82 Å². The van der Waals surface area contributed by atoms with Crippen molar-refractivity contribution in [1.82, 2.24) is 15.3 Å². The summed E-state index contributed by atoms with van der Waals surface area (Å²) in [6.45, 7) is 4.24. The maximum atomic E-state index is 4.39. The Morgan fingerprint density at radius 2 is 2.29 bits per heavy atom. The lowest BCUT2D eigenvalue weighted by molar-refractivity contribution is 0.541. The fourth-order valence-electron chi connectivity index (χ4n) is 2.05. The molecular weight excluding hydrogens is 232 g/mol. The highest BCUT2D eigenvalue weighted by Gasteiger charge is 2.11. The Kier molecular flexibility index (Phi) is 3.91. The zero-order chi connectivity index (χ0) is 12.3. The number of aromatic nitrogens is 2. The highest BCUT2D eigenvalue weighted by atomic mass is 32.1. The Balaban J connectivity index is 2.18. The molecule has 0 bridgehead atoms. The Bertz CT molecular complexity index is 482. The van der Waals surface area contributed by atoms with Crippen LogP contribution in [0.25, 0.3) is 10.2 Å². The van der Waals surface area contributed by atoms with Crippen LogP contribution in [0.5, 0.6) is 0 Å². The fraction of sp³-hybridized carbons (Fsp3) is 0.500. The van der Waals surface area contributed by atoms with E-state index in [0.717, 1.165) is 29.1 Å². The number of hydrogen-bond donors (Lipinski definition) is 1. The van der Waals surface area contributed by atoms with Gasteiger partial charge in [-0.25, -0.2) is 9.97 Å². The Hall–Kier alpha value is -1.20. The molecule has 1 atom stereocenters. The zero-order valence-electron chi connectivity index (χ0n) is 10.5. The average molecular weight is 250 g/mol. The van der Waals surface area contributed by atoms with Crippen molar-refractivity contribution in [3.8, 4) is 0 Å². The topological polar surface area (TPSA) is 41.0 Å². The first-order valence-corrected chi connectivity index (χ1v) is 6.64. The molecule has 1 unspecified atom stereocenters. The predicted molar refractivity (Wildman–Crippen MR) is 73.8 cm³/mol. The molecule has 0 saturated carbocycles. The van der Waals surface area contributed by atoms with E-state index >= 15 is 0 Å². The van der Waals surface area contributed by atoms with Crippen LogP contribution >= 0.6 is 11.3 Å². The van der Waals surface area contributed by atoms with E-state index in [-0.39, 0.29) is 0 Å². The van der Waals surface area contributed by atoms with Gasteiger partial charge in [0.25, 0.3) is 0 Å². The number of hydrogen-bond acceptors (Lipinski definition) is 5. The molecule has 0 fully saturated rings. The van der Waals surface area contributed by atoms with Gasteiger partial charge in [0, 0.05) is 13.6 Å². The second kappa shape index (κ2) is 5.42. The van der Waals surface area contributed by atoms with Gasteiger partial charge in [-0.2, -0.15) is 0 Å². The highest BCUT2D eigenvalue weighted by Crippen LogP contribution is 2.26. The molecule has 5 heteroatoms. The summed E-state index contributed by atoms with van der Waals surface area (Å²) in [5, 5.41) is 6.41. The maximum absolute atomic E-state index is 4.39. The normalized spacial score (nSPS) is 12.9. The van der Waals surface area contributed by atoms with Crippen molar-refractivity contribution in [3.63, 3.8) is 0 Å². The molecular formula is C12H18N4S. The van der Waals surface area contributed by atoms with Crippen molar-refractivity contribution >= 4 is 27.4 Å². The second-order valence-corrected chi connectivity index (χ2v) is 5.27. The van der Waals surface area contributed by atoms with Gasteiger partial charge in [0.05, 0.1) is 5.39 Å². The first kappa shape index (κ1) is 12.3. The van der Waals surface area contributed by atoms with E-state index in [1.165, 1.54) is 0 Å². The van der Waals surface area contributed by atoms with Gasteiger partial charge in [-0.3, -0.25) is 0 Å². The van der Waals surface area contributed by atoms with Gasteiger partial charge in [-0.15, -0.1) is 11.3 Å². The Morgan fingerprint density at radius 3 is 3.06 bits per heavy atom. The third kappa shape index (κ3) is 2.73. The van der Waals surface area contributed by atoms with Gasteiger partial charge in [-0.1, -0.05) is 6.92 Å². The van der Waals surface area contributed by atoms with Gasteiger partial charge >= 0.3 is 0 Å². The summed E-state index contributed by atoms with van der Waals surface area (Å²) in [5.41, 5.74) is 0. The molecule has 17 heavy (non-hydrogen) atoms. The average Bonchev–Trinajstić information content (AvgIpc) is 2.76. The summed E-state index contributed by atoms with van der Waals surface area (Å²) in [5.74, 6) is 1.62. The van der Waals surface area contributed by atoms with E-state index in [1.807, 2.05) is 7.05 Å². The minimum absolute atomic E-state index is 0.591. The summed E-state index contributed by atoms with van der Waals surface area (Å²) >= 11 is 1.66. The number of nitrogens with one attached hydrogen (secondary N) is 1. The van der Waals surface area contributed by atoms with Crippen LogP contribution in [0.1, 0.15) is 6.92 Å². The van der Waals surface area contributed by atoms with E-state index in [1.54, 1.807) is 17.7 Å². The number of anilines is 1. The molecule has 2 aromatic rings. The lowest BCUT2D eigenvalue weighted by Gasteiger charge is -2.22. The van der Waals surface area contributed by atoms with Crippen LogP contribution in [-0.4, -0.2) is 37.2 Å². The minimum Gasteiger partial charge on any atom is -0.359 e. The molecule has 0 spiro atoms. The Morgan fingerprint density at radius 1 is 1.47 bits per heavy atom. The monoisotopic (exact) mass is 250 g/mol. The molecule has 0 aliphatic rings. The van der Waals surface area contributed by atoms with E-state index in [4.69, 9.17) is 0 Å². The molecule has 92 valence electrons. The molecule has 0 saturated heterocycles. The van der Waals surface area contributed by atoms with E-state index in [0.29, 0.717) is 5.92 Å². The van der Waals surface area contributed by atoms with Crippen LogP contribution in [-0.2, 0) is 0 Å². The van der Waals surface area contributed by atoms with Gasteiger partial charge in [0.1, 0.15) is 17.0 Å². The number of rotatable bonds is 5. The highest BCUT2D eigenvalue weighted by molar-refractivity contribution is 7.16. The second-order valence-electron chi connectivity index (χ2n) is 4.38. The lowest BCUT2D eigenvalue weighted by atomic mass is 10.1. The SMILES string of the molecule is CNCC(C)CN(C)c1ncnc2sccc12. The van der Waals surface area contributed by atoms with Gasteiger partial charge < -0.3 is 10.2 Å². The molecule has 4 nitrogen and oxygen atoms in total. The molecule has 2 heterocycles. The predicted octanol–water partition coefficient (Wildman–Crippen LogP) is 1.98. The first-order valence-electron chi connectivity index (χ1n) is 5.76. The summed E-state index contributed by atoms with van der Waals surface area (Å²) in [7, 11) is 4.07. The molecule has 0 aliphatic heterocycles. The van der Waals surface area contributed by atoms with E-state index in [2.05, 4.69) is 45.6 Å². The standard InChI is InChI=1S/C12H18N4S/c1-9(6-13-2)7-16(3)11-10-4-5-17-12(10)15-8-14-11/h4-5,8-9,13H,6-7H2,1-3H3. The molecule has 0 amide bonds. The van der Waals surface area contributed by atoms with Crippen molar-refractivity contribution in [2.45, 2.75) is 6.92 Å². The first-order chi connectivity index (χ1) is 8.22. The van der Waals surface area contributed by atoms with Gasteiger partial charge in [0.15, 0.2) is 0 Å².